The maximum atomic E-state index is 12.2. The van der Waals surface area contributed by atoms with E-state index in [9.17, 15) is 4.79 Å². The molecule has 1 atom stereocenters. The molecule has 1 unspecified atom stereocenters. The molecule has 110 valence electrons. The van der Waals surface area contributed by atoms with Crippen LogP contribution in [0.1, 0.15) is 33.9 Å². The second-order valence-electron chi connectivity index (χ2n) is 5.70. The molecule has 1 aliphatic rings. The van der Waals surface area contributed by atoms with Gasteiger partial charge in [-0.2, -0.15) is 5.10 Å². The summed E-state index contributed by atoms with van der Waals surface area (Å²) in [6.45, 7) is 2.94. The standard InChI is InChI=1S/C16H20N4O/c1-11-5-4-6-12(9-11)14-7-8-17-15-13(10-18-20(14)15)16(21)19(2)3/h4-6,9-10,14,17H,7-8H2,1-3H3. The van der Waals surface area contributed by atoms with Crippen molar-refractivity contribution in [1.29, 1.82) is 0 Å². The van der Waals surface area contributed by atoms with Gasteiger partial charge in [-0.25, -0.2) is 4.68 Å². The number of fused-ring (bicyclic) bond motifs is 1. The number of hydrogen-bond acceptors (Lipinski definition) is 3. The van der Waals surface area contributed by atoms with Gasteiger partial charge in [0.15, 0.2) is 0 Å². The van der Waals surface area contributed by atoms with Gasteiger partial charge >= 0.3 is 0 Å². The molecule has 0 aliphatic carbocycles. The summed E-state index contributed by atoms with van der Waals surface area (Å²) in [5, 5.41) is 7.77. The zero-order valence-corrected chi connectivity index (χ0v) is 12.6. The van der Waals surface area contributed by atoms with Crippen molar-refractivity contribution in [3.63, 3.8) is 0 Å². The number of rotatable bonds is 2. The van der Waals surface area contributed by atoms with Crippen molar-refractivity contribution in [1.82, 2.24) is 14.7 Å². The van der Waals surface area contributed by atoms with Gasteiger partial charge in [-0.1, -0.05) is 29.8 Å². The number of aromatic nitrogens is 2. The molecule has 1 aromatic carbocycles. The minimum atomic E-state index is -0.0198. The summed E-state index contributed by atoms with van der Waals surface area (Å²) in [5.41, 5.74) is 3.12. The van der Waals surface area contributed by atoms with E-state index in [0.717, 1.165) is 18.8 Å². The van der Waals surface area contributed by atoms with Crippen molar-refractivity contribution in [2.45, 2.75) is 19.4 Å². The summed E-state index contributed by atoms with van der Waals surface area (Å²) in [4.78, 5) is 13.8. The molecule has 1 aromatic heterocycles. The Labute approximate surface area is 124 Å². The number of nitrogens with one attached hydrogen (secondary N) is 1. The van der Waals surface area contributed by atoms with E-state index in [1.54, 1.807) is 25.2 Å². The van der Waals surface area contributed by atoms with E-state index >= 15 is 0 Å². The van der Waals surface area contributed by atoms with Crippen molar-refractivity contribution in [3.05, 3.63) is 47.2 Å². The Morgan fingerprint density at radius 1 is 1.43 bits per heavy atom. The zero-order valence-electron chi connectivity index (χ0n) is 12.6. The molecule has 21 heavy (non-hydrogen) atoms. The van der Waals surface area contributed by atoms with Crippen LogP contribution in [0.25, 0.3) is 0 Å². The monoisotopic (exact) mass is 284 g/mol. The first-order valence-corrected chi connectivity index (χ1v) is 7.17. The molecule has 0 bridgehead atoms. The molecule has 0 saturated heterocycles. The lowest BCUT2D eigenvalue weighted by atomic mass is 10.0. The van der Waals surface area contributed by atoms with Crippen molar-refractivity contribution < 1.29 is 4.79 Å². The largest absolute Gasteiger partial charge is 0.369 e. The summed E-state index contributed by atoms with van der Waals surface area (Å²) < 4.78 is 1.94. The Morgan fingerprint density at radius 3 is 2.95 bits per heavy atom. The van der Waals surface area contributed by atoms with E-state index in [0.29, 0.717) is 5.56 Å². The van der Waals surface area contributed by atoms with Crippen molar-refractivity contribution in [3.8, 4) is 0 Å². The number of amides is 1. The lowest BCUT2D eigenvalue weighted by Crippen LogP contribution is -2.27. The Hall–Kier alpha value is -2.30. The molecule has 5 heteroatoms. The number of hydrogen-bond donors (Lipinski definition) is 1. The van der Waals surface area contributed by atoms with Gasteiger partial charge in [0.05, 0.1) is 12.2 Å². The van der Waals surface area contributed by atoms with Crippen LogP contribution in [0.5, 0.6) is 0 Å². The van der Waals surface area contributed by atoms with Gasteiger partial charge in [0.25, 0.3) is 5.91 Å². The molecule has 0 radical (unpaired) electrons. The number of carbonyl (C=O) groups is 1. The Kier molecular flexibility index (Phi) is 3.41. The van der Waals surface area contributed by atoms with Crippen LogP contribution in [-0.2, 0) is 0 Å². The van der Waals surface area contributed by atoms with E-state index in [2.05, 4.69) is 41.6 Å². The van der Waals surface area contributed by atoms with Gasteiger partial charge < -0.3 is 10.2 Å². The highest BCUT2D eigenvalue weighted by atomic mass is 16.2. The number of anilines is 1. The van der Waals surface area contributed by atoms with Crippen LogP contribution >= 0.6 is 0 Å². The van der Waals surface area contributed by atoms with E-state index in [1.807, 2.05) is 4.68 Å². The first-order chi connectivity index (χ1) is 10.1. The van der Waals surface area contributed by atoms with E-state index in [4.69, 9.17) is 0 Å². The van der Waals surface area contributed by atoms with Gasteiger partial charge in [0.1, 0.15) is 11.4 Å². The smallest absolute Gasteiger partial charge is 0.258 e. The molecular formula is C16H20N4O. The third-order valence-electron chi connectivity index (χ3n) is 3.86. The average molecular weight is 284 g/mol. The minimum absolute atomic E-state index is 0.0198. The predicted octanol–water partition coefficient (Wildman–Crippen LogP) is 2.30. The maximum Gasteiger partial charge on any atom is 0.258 e. The van der Waals surface area contributed by atoms with Crippen LogP contribution < -0.4 is 5.32 Å². The Morgan fingerprint density at radius 2 is 2.24 bits per heavy atom. The molecule has 1 aliphatic heterocycles. The predicted molar refractivity (Wildman–Crippen MR) is 82.7 cm³/mol. The first-order valence-electron chi connectivity index (χ1n) is 7.17. The van der Waals surface area contributed by atoms with Crippen LogP contribution in [0, 0.1) is 6.92 Å². The van der Waals surface area contributed by atoms with Crippen molar-refractivity contribution in [2.75, 3.05) is 26.0 Å². The number of aryl methyl sites for hydroxylation is 1. The number of nitrogens with zero attached hydrogens (tertiary/aromatic N) is 3. The fourth-order valence-electron chi connectivity index (χ4n) is 2.81. The van der Waals surface area contributed by atoms with Crippen molar-refractivity contribution in [2.24, 2.45) is 0 Å². The van der Waals surface area contributed by atoms with Crippen LogP contribution in [0.3, 0.4) is 0 Å². The van der Waals surface area contributed by atoms with Gasteiger partial charge in [0.2, 0.25) is 0 Å². The fraction of sp³-hybridized carbons (Fsp3) is 0.375. The molecule has 2 aromatic rings. The first kappa shape index (κ1) is 13.7. The fourth-order valence-corrected chi connectivity index (χ4v) is 2.81. The minimum Gasteiger partial charge on any atom is -0.369 e. The highest BCUT2D eigenvalue weighted by Crippen LogP contribution is 2.31. The van der Waals surface area contributed by atoms with Crippen LogP contribution in [0.15, 0.2) is 30.5 Å². The molecule has 1 N–H and O–H groups in total. The van der Waals surface area contributed by atoms with Gasteiger partial charge in [-0.15, -0.1) is 0 Å². The highest BCUT2D eigenvalue weighted by Gasteiger charge is 2.27. The molecule has 1 amide bonds. The summed E-state index contributed by atoms with van der Waals surface area (Å²) in [5.74, 6) is 0.806. The van der Waals surface area contributed by atoms with E-state index in [1.165, 1.54) is 11.1 Å². The van der Waals surface area contributed by atoms with Gasteiger partial charge in [0, 0.05) is 20.6 Å². The second-order valence-corrected chi connectivity index (χ2v) is 5.70. The number of benzene rings is 1. The van der Waals surface area contributed by atoms with Crippen LogP contribution in [-0.4, -0.2) is 41.2 Å². The molecular weight excluding hydrogens is 264 g/mol. The Bertz CT molecular complexity index is 675. The third-order valence-corrected chi connectivity index (χ3v) is 3.86. The molecule has 0 saturated carbocycles. The molecule has 0 fully saturated rings. The summed E-state index contributed by atoms with van der Waals surface area (Å²) >= 11 is 0. The normalized spacial score (nSPS) is 17.0. The lowest BCUT2D eigenvalue weighted by molar-refractivity contribution is 0.0828. The summed E-state index contributed by atoms with van der Waals surface area (Å²) in [7, 11) is 3.51. The Balaban J connectivity index is 2.02. The van der Waals surface area contributed by atoms with Gasteiger partial charge in [-0.05, 0) is 18.9 Å². The second kappa shape index (κ2) is 5.24. The lowest BCUT2D eigenvalue weighted by Gasteiger charge is -2.27. The van der Waals surface area contributed by atoms with E-state index in [-0.39, 0.29) is 11.9 Å². The average Bonchev–Trinajstić information content (AvgIpc) is 2.90. The van der Waals surface area contributed by atoms with Crippen LogP contribution in [0.4, 0.5) is 5.82 Å². The third kappa shape index (κ3) is 2.39. The maximum absolute atomic E-state index is 12.2. The molecule has 2 heterocycles. The summed E-state index contributed by atoms with van der Waals surface area (Å²) in [6, 6.07) is 8.67. The molecule has 5 nitrogen and oxygen atoms in total. The number of carbonyl (C=O) groups excluding carboxylic acids is 1. The topological polar surface area (TPSA) is 50.2 Å². The van der Waals surface area contributed by atoms with Crippen LogP contribution in [0.2, 0.25) is 0 Å². The SMILES string of the molecule is Cc1cccc(C2CCNc3c(C(=O)N(C)C)cnn32)c1. The quantitative estimate of drug-likeness (QED) is 0.920. The zero-order chi connectivity index (χ0) is 15.0. The summed E-state index contributed by atoms with van der Waals surface area (Å²) in [6.07, 6.45) is 2.63. The molecule has 3 rings (SSSR count). The molecule has 0 spiro atoms. The highest BCUT2D eigenvalue weighted by molar-refractivity contribution is 5.98. The van der Waals surface area contributed by atoms with Crippen molar-refractivity contribution >= 4 is 11.7 Å². The van der Waals surface area contributed by atoms with Gasteiger partial charge in [-0.3, -0.25) is 4.79 Å². The van der Waals surface area contributed by atoms with E-state index < -0.39 is 0 Å².